The Labute approximate surface area is 94.3 Å². The lowest BCUT2D eigenvalue weighted by atomic mass is 9.89. The molecule has 0 saturated heterocycles. The molecule has 88 valence electrons. The molecule has 0 aromatic heterocycles. The maximum atomic E-state index is 12.9. The van der Waals surface area contributed by atoms with Crippen LogP contribution >= 0.6 is 0 Å². The first kappa shape index (κ1) is 14.4. The first-order valence-corrected chi connectivity index (χ1v) is 5.89. The van der Waals surface area contributed by atoms with Gasteiger partial charge in [0, 0.05) is 0 Å². The van der Waals surface area contributed by atoms with Crippen molar-refractivity contribution in [3.8, 4) is 0 Å². The zero-order chi connectivity index (χ0) is 12.0. The van der Waals surface area contributed by atoms with E-state index in [4.69, 9.17) is 0 Å². The van der Waals surface area contributed by atoms with E-state index in [9.17, 15) is 4.39 Å². The van der Waals surface area contributed by atoms with Crippen molar-refractivity contribution >= 4 is 0 Å². The summed E-state index contributed by atoms with van der Waals surface area (Å²) < 4.78 is 12.9. The molecule has 0 amide bonds. The van der Waals surface area contributed by atoms with Crippen molar-refractivity contribution in [2.45, 2.75) is 53.6 Å². The molecule has 0 spiro atoms. The van der Waals surface area contributed by atoms with Crippen LogP contribution in [-0.2, 0) is 0 Å². The maximum Gasteiger partial charge on any atom is 0.0979 e. The van der Waals surface area contributed by atoms with E-state index in [0.29, 0.717) is 18.3 Å². The van der Waals surface area contributed by atoms with Crippen molar-refractivity contribution < 1.29 is 4.39 Å². The van der Waals surface area contributed by atoms with Crippen LogP contribution in [0.2, 0.25) is 0 Å². The van der Waals surface area contributed by atoms with Crippen LogP contribution in [0.25, 0.3) is 0 Å². The largest absolute Gasteiger partial charge is 0.248 e. The van der Waals surface area contributed by atoms with Crippen LogP contribution in [0.4, 0.5) is 4.39 Å². The van der Waals surface area contributed by atoms with Crippen molar-refractivity contribution in [3.63, 3.8) is 0 Å². The molecule has 2 unspecified atom stereocenters. The van der Waals surface area contributed by atoms with Gasteiger partial charge >= 0.3 is 0 Å². The lowest BCUT2D eigenvalue weighted by molar-refractivity contribution is 0.303. The topological polar surface area (TPSA) is 0 Å². The molecule has 0 rings (SSSR count). The minimum absolute atomic E-state index is 0.290. The van der Waals surface area contributed by atoms with Gasteiger partial charge in [-0.05, 0) is 38.5 Å². The Balaban J connectivity index is 4.46. The summed E-state index contributed by atoms with van der Waals surface area (Å²) in [6.45, 7) is 14.2. The standard InChI is InChI=1S/C14H25F/c1-7-14(9-13(6)15)12(5)8-11(4)10(2)3/h8,10,13-14H,5,7,9H2,1-4,6H3/b11-8+. The van der Waals surface area contributed by atoms with Crippen molar-refractivity contribution in [2.75, 3.05) is 0 Å². The molecular formula is C14H25F. The second-order valence-electron chi connectivity index (χ2n) is 4.74. The van der Waals surface area contributed by atoms with Crippen molar-refractivity contribution in [1.82, 2.24) is 0 Å². The predicted octanol–water partition coefficient (Wildman–Crippen LogP) is 4.92. The average molecular weight is 212 g/mol. The summed E-state index contributed by atoms with van der Waals surface area (Å²) in [4.78, 5) is 0. The van der Waals surface area contributed by atoms with Gasteiger partial charge in [0.2, 0.25) is 0 Å². The van der Waals surface area contributed by atoms with Crippen LogP contribution < -0.4 is 0 Å². The number of rotatable bonds is 6. The SMILES string of the molecule is C=C(/C=C(\C)C(C)C)C(CC)CC(C)F. The molecule has 0 aliphatic heterocycles. The molecule has 15 heavy (non-hydrogen) atoms. The fourth-order valence-electron chi connectivity index (χ4n) is 1.55. The van der Waals surface area contributed by atoms with Crippen LogP contribution in [0.3, 0.4) is 0 Å². The second-order valence-corrected chi connectivity index (χ2v) is 4.74. The van der Waals surface area contributed by atoms with Crippen LogP contribution in [0.1, 0.15) is 47.5 Å². The summed E-state index contributed by atoms with van der Waals surface area (Å²) in [6, 6.07) is 0. The minimum Gasteiger partial charge on any atom is -0.248 e. The van der Waals surface area contributed by atoms with E-state index >= 15 is 0 Å². The third kappa shape index (κ3) is 5.76. The Bertz CT molecular complexity index is 223. The van der Waals surface area contributed by atoms with Gasteiger partial charge in [-0.3, -0.25) is 0 Å². The number of allylic oxidation sites excluding steroid dienone is 3. The van der Waals surface area contributed by atoms with Crippen molar-refractivity contribution in [1.29, 1.82) is 0 Å². The van der Waals surface area contributed by atoms with E-state index in [-0.39, 0.29) is 0 Å². The van der Waals surface area contributed by atoms with Gasteiger partial charge in [-0.25, -0.2) is 4.39 Å². The highest BCUT2D eigenvalue weighted by molar-refractivity contribution is 5.23. The minimum atomic E-state index is -0.737. The number of alkyl halides is 1. The van der Waals surface area contributed by atoms with E-state index < -0.39 is 6.17 Å². The molecule has 2 atom stereocenters. The Morgan fingerprint density at radius 2 is 1.87 bits per heavy atom. The first-order chi connectivity index (χ1) is 6.88. The molecule has 0 aromatic rings. The molecule has 0 N–H and O–H groups in total. The summed E-state index contributed by atoms with van der Waals surface area (Å²) in [5.41, 5.74) is 2.40. The molecule has 0 aliphatic rings. The third-order valence-corrected chi connectivity index (χ3v) is 2.95. The summed E-state index contributed by atoms with van der Waals surface area (Å²) in [6.07, 6.45) is 2.95. The van der Waals surface area contributed by atoms with Gasteiger partial charge in [0.25, 0.3) is 0 Å². The molecule has 0 fully saturated rings. The first-order valence-electron chi connectivity index (χ1n) is 5.89. The van der Waals surface area contributed by atoms with Gasteiger partial charge in [0.05, 0.1) is 6.17 Å². The summed E-state index contributed by atoms with van der Waals surface area (Å²) in [7, 11) is 0. The second kappa shape index (κ2) is 6.81. The molecule has 0 aliphatic carbocycles. The van der Waals surface area contributed by atoms with Crippen molar-refractivity contribution in [3.05, 3.63) is 23.8 Å². The molecule has 0 radical (unpaired) electrons. The fourth-order valence-corrected chi connectivity index (χ4v) is 1.55. The monoisotopic (exact) mass is 212 g/mol. The Morgan fingerprint density at radius 3 is 2.20 bits per heavy atom. The summed E-state index contributed by atoms with van der Waals surface area (Å²) >= 11 is 0. The van der Waals surface area contributed by atoms with Gasteiger partial charge in [0.15, 0.2) is 0 Å². The highest BCUT2D eigenvalue weighted by Gasteiger charge is 2.13. The van der Waals surface area contributed by atoms with Gasteiger partial charge < -0.3 is 0 Å². The van der Waals surface area contributed by atoms with Gasteiger partial charge in [-0.15, -0.1) is 0 Å². The zero-order valence-corrected chi connectivity index (χ0v) is 10.8. The van der Waals surface area contributed by atoms with Crippen LogP contribution in [0.15, 0.2) is 23.8 Å². The summed E-state index contributed by atoms with van der Waals surface area (Å²) in [5, 5.41) is 0. The molecule has 0 bridgehead atoms. The molecule has 1 heteroatoms. The van der Waals surface area contributed by atoms with Crippen LogP contribution in [0, 0.1) is 11.8 Å². The Kier molecular flexibility index (Phi) is 6.55. The maximum absolute atomic E-state index is 12.9. The van der Waals surface area contributed by atoms with E-state index in [1.165, 1.54) is 5.57 Å². The highest BCUT2D eigenvalue weighted by Crippen LogP contribution is 2.24. The van der Waals surface area contributed by atoms with E-state index in [1.54, 1.807) is 6.92 Å². The molecule has 0 nitrogen and oxygen atoms in total. The van der Waals surface area contributed by atoms with Gasteiger partial charge in [0.1, 0.15) is 0 Å². The lowest BCUT2D eigenvalue weighted by Crippen LogP contribution is -2.08. The highest BCUT2D eigenvalue weighted by atomic mass is 19.1. The number of hydrogen-bond acceptors (Lipinski definition) is 0. The Morgan fingerprint density at radius 1 is 1.33 bits per heavy atom. The molecule has 0 heterocycles. The lowest BCUT2D eigenvalue weighted by Gasteiger charge is -2.17. The fraction of sp³-hybridized carbons (Fsp3) is 0.714. The molecular weight excluding hydrogens is 187 g/mol. The van der Waals surface area contributed by atoms with E-state index in [1.807, 2.05) is 0 Å². The number of halogens is 1. The number of hydrogen-bond donors (Lipinski definition) is 0. The van der Waals surface area contributed by atoms with Crippen LogP contribution in [0.5, 0.6) is 0 Å². The third-order valence-electron chi connectivity index (χ3n) is 2.95. The van der Waals surface area contributed by atoms with Crippen LogP contribution in [-0.4, -0.2) is 6.17 Å². The van der Waals surface area contributed by atoms with E-state index in [0.717, 1.165) is 12.0 Å². The predicted molar refractivity (Wildman–Crippen MR) is 66.7 cm³/mol. The quantitative estimate of drug-likeness (QED) is 0.548. The normalized spacial score (nSPS) is 16.6. The Hall–Kier alpha value is -0.590. The summed E-state index contributed by atoms with van der Waals surface area (Å²) in [5.74, 6) is 0.834. The van der Waals surface area contributed by atoms with Gasteiger partial charge in [-0.2, -0.15) is 0 Å². The van der Waals surface area contributed by atoms with Gasteiger partial charge in [-0.1, -0.05) is 44.6 Å². The zero-order valence-electron chi connectivity index (χ0n) is 10.8. The average Bonchev–Trinajstić information content (AvgIpc) is 2.13. The smallest absolute Gasteiger partial charge is 0.0979 e. The van der Waals surface area contributed by atoms with E-state index in [2.05, 4.69) is 40.3 Å². The molecule has 0 saturated carbocycles. The van der Waals surface area contributed by atoms with Crippen molar-refractivity contribution in [2.24, 2.45) is 11.8 Å². The molecule has 0 aromatic carbocycles.